The summed E-state index contributed by atoms with van der Waals surface area (Å²) in [5.74, 6) is -0.906. The highest BCUT2D eigenvalue weighted by Gasteiger charge is 2.45. The Balaban J connectivity index is 2.19. The second-order valence-electron chi connectivity index (χ2n) is 5.95. The van der Waals surface area contributed by atoms with E-state index in [-0.39, 0.29) is 5.78 Å². The highest BCUT2D eigenvalue weighted by molar-refractivity contribution is 6.03. The quantitative estimate of drug-likeness (QED) is 0.525. The van der Waals surface area contributed by atoms with Crippen LogP contribution < -0.4 is 0 Å². The molecule has 0 unspecified atom stereocenters. The van der Waals surface area contributed by atoms with Gasteiger partial charge in [0.2, 0.25) is 0 Å². The number of rotatable bonds is 6. The average Bonchev–Trinajstić information content (AvgIpc) is 2.70. The van der Waals surface area contributed by atoms with Crippen molar-refractivity contribution < 1.29 is 9.90 Å². The van der Waals surface area contributed by atoms with E-state index in [1.165, 1.54) is 0 Å². The fourth-order valence-corrected chi connectivity index (χ4v) is 3.16. The summed E-state index contributed by atoms with van der Waals surface area (Å²) in [5.41, 5.74) is 0.133. The molecule has 0 saturated heterocycles. The van der Waals surface area contributed by atoms with Gasteiger partial charge in [0.15, 0.2) is 11.4 Å². The second kappa shape index (κ2) is 7.29. The molecule has 124 valence electrons. The van der Waals surface area contributed by atoms with Crippen LogP contribution in [-0.4, -0.2) is 10.9 Å². The zero-order valence-electron chi connectivity index (χ0n) is 13.9. The molecule has 2 heteroatoms. The van der Waals surface area contributed by atoms with Crippen LogP contribution in [0.25, 0.3) is 0 Å². The molecule has 0 aliphatic rings. The molecular weight excluding hydrogens is 308 g/mol. The second-order valence-corrected chi connectivity index (χ2v) is 5.95. The molecular formula is C23H20O2. The average molecular weight is 328 g/mol. The maximum absolute atomic E-state index is 13.3. The van der Waals surface area contributed by atoms with E-state index >= 15 is 0 Å². The monoisotopic (exact) mass is 328 g/mol. The summed E-state index contributed by atoms with van der Waals surface area (Å²) >= 11 is 0. The summed E-state index contributed by atoms with van der Waals surface area (Å²) in [6, 6.07) is 27.4. The molecule has 1 N–H and O–H groups in total. The first kappa shape index (κ1) is 16.9. The van der Waals surface area contributed by atoms with E-state index in [4.69, 9.17) is 0 Å². The maximum atomic E-state index is 13.3. The van der Waals surface area contributed by atoms with E-state index in [0.717, 1.165) is 5.56 Å². The Hall–Kier alpha value is -2.97. The summed E-state index contributed by atoms with van der Waals surface area (Å²) in [5, 5.41) is 11.7. The summed E-state index contributed by atoms with van der Waals surface area (Å²) < 4.78 is 0. The minimum Gasteiger partial charge on any atom is -0.376 e. The van der Waals surface area contributed by atoms with Gasteiger partial charge in [-0.15, -0.1) is 6.58 Å². The van der Waals surface area contributed by atoms with Gasteiger partial charge in [0.1, 0.15) is 0 Å². The van der Waals surface area contributed by atoms with Crippen molar-refractivity contribution >= 4 is 5.78 Å². The van der Waals surface area contributed by atoms with Gasteiger partial charge in [-0.05, 0) is 11.1 Å². The Labute approximate surface area is 148 Å². The molecule has 0 aliphatic carbocycles. The van der Waals surface area contributed by atoms with Crippen molar-refractivity contribution in [3.8, 4) is 0 Å². The van der Waals surface area contributed by atoms with E-state index in [9.17, 15) is 9.90 Å². The third-order valence-corrected chi connectivity index (χ3v) is 4.44. The Morgan fingerprint density at radius 2 is 1.32 bits per heavy atom. The molecule has 0 radical (unpaired) electrons. The lowest BCUT2D eigenvalue weighted by Gasteiger charge is -2.34. The molecule has 0 aliphatic heterocycles. The Kier molecular flexibility index (Phi) is 4.92. The van der Waals surface area contributed by atoms with Crippen molar-refractivity contribution in [2.75, 3.05) is 0 Å². The van der Waals surface area contributed by atoms with E-state index < -0.39 is 11.5 Å². The van der Waals surface area contributed by atoms with Crippen molar-refractivity contribution in [1.29, 1.82) is 0 Å². The highest BCUT2D eigenvalue weighted by Crippen LogP contribution is 2.40. The van der Waals surface area contributed by atoms with Crippen LogP contribution in [0.4, 0.5) is 0 Å². The number of ketones is 1. The summed E-state index contributed by atoms with van der Waals surface area (Å²) in [6.45, 7) is 3.89. The van der Waals surface area contributed by atoms with Gasteiger partial charge in [-0.2, -0.15) is 0 Å². The fourth-order valence-electron chi connectivity index (χ4n) is 3.16. The first-order valence-corrected chi connectivity index (χ1v) is 8.23. The minimum atomic E-state index is -1.73. The minimum absolute atomic E-state index is 0.340. The number of carbonyl (C=O) groups is 1. The molecule has 2 nitrogen and oxygen atoms in total. The lowest BCUT2D eigenvalue weighted by atomic mass is 9.73. The number of Topliss-reactive ketones (excluding diaryl/α,β-unsaturated/α-hetero) is 1. The van der Waals surface area contributed by atoms with E-state index in [1.54, 1.807) is 42.5 Å². The molecule has 0 aromatic heterocycles. The normalized spacial score (nSPS) is 14.3. The number of aliphatic hydroxyl groups is 1. The third-order valence-electron chi connectivity index (χ3n) is 4.44. The van der Waals surface area contributed by atoms with Crippen molar-refractivity contribution in [2.45, 2.75) is 11.5 Å². The number of carbonyl (C=O) groups excluding carboxylic acids is 1. The van der Waals surface area contributed by atoms with E-state index in [0.29, 0.717) is 11.1 Å². The summed E-state index contributed by atoms with van der Waals surface area (Å²) in [4.78, 5) is 13.3. The molecule has 3 aromatic rings. The van der Waals surface area contributed by atoms with Crippen LogP contribution in [0.1, 0.15) is 27.4 Å². The van der Waals surface area contributed by atoms with Gasteiger partial charge in [0.25, 0.3) is 0 Å². The van der Waals surface area contributed by atoms with Gasteiger partial charge in [-0.25, -0.2) is 0 Å². The molecule has 0 saturated carbocycles. The SMILES string of the molecule is C=C[C@H](c1ccccc1)[C@](O)(C(=O)c1ccccc1)c1ccccc1. The van der Waals surface area contributed by atoms with Gasteiger partial charge in [0, 0.05) is 11.5 Å². The predicted molar refractivity (Wildman–Crippen MR) is 100 cm³/mol. The molecule has 25 heavy (non-hydrogen) atoms. The van der Waals surface area contributed by atoms with Crippen LogP contribution in [0.5, 0.6) is 0 Å². The van der Waals surface area contributed by atoms with E-state index in [2.05, 4.69) is 6.58 Å². The molecule has 0 fully saturated rings. The van der Waals surface area contributed by atoms with Crippen molar-refractivity contribution in [3.63, 3.8) is 0 Å². The third kappa shape index (κ3) is 3.17. The Morgan fingerprint density at radius 3 is 1.84 bits per heavy atom. The van der Waals surface area contributed by atoms with Crippen molar-refractivity contribution in [2.24, 2.45) is 0 Å². The Bertz CT molecular complexity index is 841. The largest absolute Gasteiger partial charge is 0.376 e. The molecule has 2 atom stereocenters. The lowest BCUT2D eigenvalue weighted by molar-refractivity contribution is 0.0219. The van der Waals surface area contributed by atoms with Crippen LogP contribution in [0.15, 0.2) is 104 Å². The summed E-state index contributed by atoms with van der Waals surface area (Å²) in [7, 11) is 0. The van der Waals surface area contributed by atoms with Crippen LogP contribution >= 0.6 is 0 Å². The van der Waals surface area contributed by atoms with Crippen LogP contribution in [0.3, 0.4) is 0 Å². The Morgan fingerprint density at radius 1 is 0.840 bits per heavy atom. The standard InChI is InChI=1S/C23H20O2/c1-2-21(18-12-6-3-7-13-18)23(25,20-16-10-5-11-17-20)22(24)19-14-8-4-9-15-19/h2-17,21,25H,1H2/t21-,23+/m1/s1. The molecule has 0 spiro atoms. The molecule has 0 bridgehead atoms. The number of hydrogen-bond donors (Lipinski definition) is 1. The highest BCUT2D eigenvalue weighted by atomic mass is 16.3. The van der Waals surface area contributed by atoms with Gasteiger partial charge in [0.05, 0.1) is 0 Å². The molecule has 0 amide bonds. The van der Waals surface area contributed by atoms with Gasteiger partial charge in [-0.1, -0.05) is 97.1 Å². The van der Waals surface area contributed by atoms with Crippen LogP contribution in [0, 0.1) is 0 Å². The van der Waals surface area contributed by atoms with Gasteiger partial charge in [-0.3, -0.25) is 4.79 Å². The topological polar surface area (TPSA) is 37.3 Å². The van der Waals surface area contributed by atoms with Crippen LogP contribution in [-0.2, 0) is 5.60 Å². The van der Waals surface area contributed by atoms with Crippen LogP contribution in [0.2, 0.25) is 0 Å². The zero-order chi connectivity index (χ0) is 17.7. The first-order chi connectivity index (χ1) is 12.2. The fraction of sp³-hybridized carbons (Fsp3) is 0.0870. The smallest absolute Gasteiger partial charge is 0.199 e. The molecule has 3 rings (SSSR count). The summed E-state index contributed by atoms with van der Waals surface area (Å²) in [6.07, 6.45) is 1.64. The predicted octanol–water partition coefficient (Wildman–Crippen LogP) is 4.73. The maximum Gasteiger partial charge on any atom is 0.199 e. The van der Waals surface area contributed by atoms with Crippen molar-refractivity contribution in [3.05, 3.63) is 120 Å². The van der Waals surface area contributed by atoms with Gasteiger partial charge < -0.3 is 5.11 Å². The first-order valence-electron chi connectivity index (χ1n) is 8.23. The van der Waals surface area contributed by atoms with Gasteiger partial charge >= 0.3 is 0 Å². The molecule has 3 aromatic carbocycles. The number of hydrogen-bond acceptors (Lipinski definition) is 2. The van der Waals surface area contributed by atoms with E-state index in [1.807, 2.05) is 54.6 Å². The molecule has 0 heterocycles. The van der Waals surface area contributed by atoms with Crippen molar-refractivity contribution in [1.82, 2.24) is 0 Å². The zero-order valence-corrected chi connectivity index (χ0v) is 13.9. The lowest BCUT2D eigenvalue weighted by Crippen LogP contribution is -2.41. The number of benzene rings is 3.